The number of nitrogens with zero attached hydrogens (tertiary/aromatic N) is 1. The minimum Gasteiger partial charge on any atom is -0.327 e. The molecule has 0 bridgehead atoms. The van der Waals surface area contributed by atoms with Gasteiger partial charge in [0, 0.05) is 18.1 Å². The number of likely N-dealkylation sites (tertiary alicyclic amines) is 1. The van der Waals surface area contributed by atoms with E-state index in [0.29, 0.717) is 12.1 Å². The maximum Gasteiger partial charge on any atom is 0.0247 e. The minimum absolute atomic E-state index is 0.348. The molecule has 1 saturated carbocycles. The molecule has 2 unspecified atom stereocenters. The summed E-state index contributed by atoms with van der Waals surface area (Å²) >= 11 is 0. The highest BCUT2D eigenvalue weighted by Crippen LogP contribution is 2.28. The summed E-state index contributed by atoms with van der Waals surface area (Å²) < 4.78 is 0. The third-order valence-corrected chi connectivity index (χ3v) is 4.74. The summed E-state index contributed by atoms with van der Waals surface area (Å²) in [6, 6.07) is 1.85. The summed E-state index contributed by atoms with van der Waals surface area (Å²) in [4.78, 5) is 2.78. The molecule has 1 saturated heterocycles. The van der Waals surface area contributed by atoms with Gasteiger partial charge in [-0.3, -0.25) is 4.90 Å². The van der Waals surface area contributed by atoms with Crippen LogP contribution in [-0.4, -0.2) is 29.6 Å². The molecule has 0 aromatic heterocycles. The predicted molar refractivity (Wildman–Crippen MR) is 74.1 cm³/mol. The molecule has 2 N–H and O–H groups in total. The first-order chi connectivity index (χ1) is 8.29. The molecule has 0 radical (unpaired) electrons. The highest BCUT2D eigenvalue weighted by molar-refractivity contribution is 4.87. The van der Waals surface area contributed by atoms with Crippen LogP contribution in [0.4, 0.5) is 0 Å². The first-order valence-corrected chi connectivity index (χ1v) is 7.80. The van der Waals surface area contributed by atoms with E-state index in [-0.39, 0.29) is 0 Å². The highest BCUT2D eigenvalue weighted by atomic mass is 15.2. The number of hydrogen-bond acceptors (Lipinski definition) is 2. The third kappa shape index (κ3) is 3.69. The molecule has 0 aromatic rings. The first-order valence-electron chi connectivity index (χ1n) is 7.80. The fraction of sp³-hybridized carbons (Fsp3) is 1.00. The van der Waals surface area contributed by atoms with Crippen LogP contribution < -0.4 is 5.73 Å². The molecule has 0 spiro atoms. The van der Waals surface area contributed by atoms with Crippen LogP contribution in [-0.2, 0) is 0 Å². The third-order valence-electron chi connectivity index (χ3n) is 4.74. The first kappa shape index (κ1) is 13.4. The molecule has 100 valence electrons. The van der Waals surface area contributed by atoms with Crippen molar-refractivity contribution in [1.82, 2.24) is 4.90 Å². The molecular formula is C15H30N2. The second-order valence-electron chi connectivity index (χ2n) is 6.16. The van der Waals surface area contributed by atoms with Crippen molar-refractivity contribution in [3.8, 4) is 0 Å². The second-order valence-corrected chi connectivity index (χ2v) is 6.16. The van der Waals surface area contributed by atoms with Crippen LogP contribution in [0.25, 0.3) is 0 Å². The van der Waals surface area contributed by atoms with Crippen LogP contribution >= 0.6 is 0 Å². The van der Waals surface area contributed by atoms with Gasteiger partial charge in [-0.15, -0.1) is 0 Å². The molecule has 2 heteroatoms. The van der Waals surface area contributed by atoms with Gasteiger partial charge in [-0.2, -0.15) is 0 Å². The van der Waals surface area contributed by atoms with Crippen molar-refractivity contribution < 1.29 is 0 Å². The zero-order chi connectivity index (χ0) is 12.1. The van der Waals surface area contributed by atoms with Crippen LogP contribution in [0.1, 0.15) is 71.1 Å². The van der Waals surface area contributed by atoms with Crippen molar-refractivity contribution in [1.29, 1.82) is 0 Å². The van der Waals surface area contributed by atoms with Crippen molar-refractivity contribution in [3.05, 3.63) is 0 Å². The van der Waals surface area contributed by atoms with Crippen LogP contribution in [0.5, 0.6) is 0 Å². The van der Waals surface area contributed by atoms with Gasteiger partial charge in [-0.05, 0) is 39.2 Å². The van der Waals surface area contributed by atoms with E-state index in [0.717, 1.165) is 6.04 Å². The topological polar surface area (TPSA) is 29.3 Å². The lowest BCUT2D eigenvalue weighted by Crippen LogP contribution is -2.53. The standard InChI is InChI=1S/C15H30N2/c1-13(16)15-11-7-8-12-17(15)14-9-5-3-2-4-6-10-14/h13-15H,2-12,16H2,1H3. The molecule has 2 fully saturated rings. The Kier molecular flexibility index (Phi) is 5.30. The van der Waals surface area contributed by atoms with Gasteiger partial charge in [0.1, 0.15) is 0 Å². The van der Waals surface area contributed by atoms with Gasteiger partial charge in [0.05, 0.1) is 0 Å². The smallest absolute Gasteiger partial charge is 0.0247 e. The lowest BCUT2D eigenvalue weighted by molar-refractivity contribution is 0.0669. The van der Waals surface area contributed by atoms with Crippen LogP contribution in [0.2, 0.25) is 0 Å². The molecule has 0 aromatic carbocycles. The number of nitrogens with two attached hydrogens (primary N) is 1. The van der Waals surface area contributed by atoms with E-state index in [9.17, 15) is 0 Å². The second kappa shape index (κ2) is 6.75. The summed E-state index contributed by atoms with van der Waals surface area (Å²) in [6.45, 7) is 3.50. The van der Waals surface area contributed by atoms with Crippen molar-refractivity contribution in [2.75, 3.05) is 6.54 Å². The predicted octanol–water partition coefficient (Wildman–Crippen LogP) is 3.30. The lowest BCUT2D eigenvalue weighted by Gasteiger charge is -2.43. The summed E-state index contributed by atoms with van der Waals surface area (Å²) in [5, 5.41) is 0. The molecule has 2 rings (SSSR count). The summed E-state index contributed by atoms with van der Waals surface area (Å²) in [6.07, 6.45) is 14.2. The van der Waals surface area contributed by atoms with E-state index in [1.807, 2.05) is 0 Å². The van der Waals surface area contributed by atoms with E-state index in [1.54, 1.807) is 0 Å². The van der Waals surface area contributed by atoms with Crippen LogP contribution in [0.15, 0.2) is 0 Å². The van der Waals surface area contributed by atoms with Gasteiger partial charge < -0.3 is 5.73 Å². The Morgan fingerprint density at radius 2 is 1.47 bits per heavy atom. The Labute approximate surface area is 107 Å². The Bertz CT molecular complexity index is 207. The van der Waals surface area contributed by atoms with Crippen molar-refractivity contribution in [3.63, 3.8) is 0 Å². The molecule has 2 atom stereocenters. The molecule has 17 heavy (non-hydrogen) atoms. The van der Waals surface area contributed by atoms with Gasteiger partial charge in [-0.1, -0.05) is 38.5 Å². The monoisotopic (exact) mass is 238 g/mol. The Balaban J connectivity index is 1.95. The number of piperidine rings is 1. The van der Waals surface area contributed by atoms with Gasteiger partial charge >= 0.3 is 0 Å². The maximum absolute atomic E-state index is 6.19. The maximum atomic E-state index is 6.19. The average molecular weight is 238 g/mol. The van der Waals surface area contributed by atoms with Crippen molar-refractivity contribution in [2.45, 2.75) is 89.3 Å². The largest absolute Gasteiger partial charge is 0.327 e. The zero-order valence-corrected chi connectivity index (χ0v) is 11.5. The molecule has 2 nitrogen and oxygen atoms in total. The fourth-order valence-corrected chi connectivity index (χ4v) is 3.76. The van der Waals surface area contributed by atoms with E-state index in [1.165, 1.54) is 70.8 Å². The van der Waals surface area contributed by atoms with Crippen LogP contribution in [0, 0.1) is 0 Å². The van der Waals surface area contributed by atoms with E-state index in [4.69, 9.17) is 5.73 Å². The van der Waals surface area contributed by atoms with Gasteiger partial charge in [0.2, 0.25) is 0 Å². The summed E-state index contributed by atoms with van der Waals surface area (Å²) in [7, 11) is 0. The van der Waals surface area contributed by atoms with Crippen molar-refractivity contribution in [2.24, 2.45) is 5.73 Å². The minimum atomic E-state index is 0.348. The van der Waals surface area contributed by atoms with E-state index in [2.05, 4.69) is 11.8 Å². The highest BCUT2D eigenvalue weighted by Gasteiger charge is 2.30. The molecule has 1 aliphatic carbocycles. The Hall–Kier alpha value is -0.0800. The SMILES string of the molecule is CC(N)C1CCCCN1C1CCCCCCC1. The normalized spacial score (nSPS) is 31.8. The quantitative estimate of drug-likeness (QED) is 0.800. The van der Waals surface area contributed by atoms with E-state index >= 15 is 0 Å². The summed E-state index contributed by atoms with van der Waals surface area (Å²) in [5.74, 6) is 0. The Morgan fingerprint density at radius 1 is 0.882 bits per heavy atom. The molecule has 1 heterocycles. The Morgan fingerprint density at radius 3 is 2.12 bits per heavy atom. The molecule has 0 amide bonds. The summed E-state index contributed by atoms with van der Waals surface area (Å²) in [5.41, 5.74) is 6.19. The van der Waals surface area contributed by atoms with Crippen LogP contribution in [0.3, 0.4) is 0 Å². The average Bonchev–Trinajstić information content (AvgIpc) is 2.28. The molecule has 2 aliphatic rings. The molecular weight excluding hydrogens is 208 g/mol. The van der Waals surface area contributed by atoms with Crippen molar-refractivity contribution >= 4 is 0 Å². The number of hydrogen-bond donors (Lipinski definition) is 1. The van der Waals surface area contributed by atoms with Gasteiger partial charge in [0.15, 0.2) is 0 Å². The van der Waals surface area contributed by atoms with Gasteiger partial charge in [0.25, 0.3) is 0 Å². The lowest BCUT2D eigenvalue weighted by atomic mass is 9.89. The fourth-order valence-electron chi connectivity index (χ4n) is 3.76. The van der Waals surface area contributed by atoms with Gasteiger partial charge in [-0.25, -0.2) is 0 Å². The molecule has 1 aliphatic heterocycles. The van der Waals surface area contributed by atoms with E-state index < -0.39 is 0 Å². The zero-order valence-electron chi connectivity index (χ0n) is 11.5. The number of rotatable bonds is 2.